The van der Waals surface area contributed by atoms with Gasteiger partial charge in [-0.15, -0.1) is 0 Å². The van der Waals surface area contributed by atoms with Crippen LogP contribution in [0.1, 0.15) is 22.9 Å². The largest absolute Gasteiger partial charge is 0.456 e. The summed E-state index contributed by atoms with van der Waals surface area (Å²) < 4.78 is 6.50. The maximum Gasteiger partial charge on any atom is 0.159 e. The fourth-order valence-corrected chi connectivity index (χ4v) is 6.53. The van der Waals surface area contributed by atoms with E-state index in [0.29, 0.717) is 5.84 Å². The van der Waals surface area contributed by atoms with Gasteiger partial charge in [-0.3, -0.25) is 0 Å². The summed E-state index contributed by atoms with van der Waals surface area (Å²) in [5.74, 6) is 1.49. The number of nitrogens with zero attached hydrogens (tertiary/aromatic N) is 2. The summed E-state index contributed by atoms with van der Waals surface area (Å²) in [4.78, 5) is 10.3. The minimum atomic E-state index is -0.381. The molecule has 0 aliphatic carbocycles. The van der Waals surface area contributed by atoms with Gasteiger partial charge in [-0.1, -0.05) is 127 Å². The number of benzene rings is 7. The fourth-order valence-electron chi connectivity index (χ4n) is 6.53. The maximum atomic E-state index is 6.50. The molecule has 8 aromatic rings. The second kappa shape index (κ2) is 10.3. The van der Waals surface area contributed by atoms with Gasteiger partial charge in [-0.2, -0.15) is 0 Å². The molecule has 1 unspecified atom stereocenters. The van der Waals surface area contributed by atoms with Crippen LogP contribution in [0.3, 0.4) is 0 Å². The lowest BCUT2D eigenvalue weighted by Crippen LogP contribution is -2.33. The van der Waals surface area contributed by atoms with Crippen LogP contribution in [0.4, 0.5) is 0 Å². The highest BCUT2D eigenvalue weighted by molar-refractivity contribution is 6.16. The van der Waals surface area contributed by atoms with Crippen LogP contribution in [0.2, 0.25) is 0 Å². The van der Waals surface area contributed by atoms with Gasteiger partial charge in [0.25, 0.3) is 0 Å². The van der Waals surface area contributed by atoms with Gasteiger partial charge in [-0.25, -0.2) is 9.98 Å². The SMILES string of the molecule is c1ccc(C2=NC(c3cccc4oc5cccc(-c6ccc7ccccc7c6)c5c34)NC(c3ccc4ccccc4c3)=N2)cc1. The van der Waals surface area contributed by atoms with E-state index in [4.69, 9.17) is 14.4 Å². The van der Waals surface area contributed by atoms with Crippen LogP contribution in [-0.2, 0) is 0 Å². The molecule has 1 aliphatic heterocycles. The van der Waals surface area contributed by atoms with Gasteiger partial charge in [-0.05, 0) is 56.9 Å². The Morgan fingerprint density at radius 1 is 0.489 bits per heavy atom. The predicted octanol–water partition coefficient (Wildman–Crippen LogP) is 10.1. The third-order valence-electron chi connectivity index (χ3n) is 8.71. The first-order valence-corrected chi connectivity index (χ1v) is 15.2. The lowest BCUT2D eigenvalue weighted by atomic mass is 9.95. The van der Waals surface area contributed by atoms with Crippen molar-refractivity contribution in [2.24, 2.45) is 9.98 Å². The normalized spacial score (nSPS) is 14.9. The van der Waals surface area contributed by atoms with Crippen molar-refractivity contribution >= 4 is 55.2 Å². The van der Waals surface area contributed by atoms with Gasteiger partial charge in [0.1, 0.15) is 23.2 Å². The predicted molar refractivity (Wildman–Crippen MR) is 186 cm³/mol. The molecule has 9 rings (SSSR count). The highest BCUT2D eigenvalue weighted by Crippen LogP contribution is 2.41. The average molecular weight is 578 g/mol. The fraction of sp³-hybridized carbons (Fsp3) is 0.0244. The minimum Gasteiger partial charge on any atom is -0.456 e. The Balaban J connectivity index is 1.24. The lowest BCUT2D eigenvalue weighted by molar-refractivity contribution is 0.662. The average Bonchev–Trinajstić information content (AvgIpc) is 3.51. The molecule has 0 spiro atoms. The standard InChI is InChI=1S/C41H27N3O/c1-2-12-28(13-3-1)39-42-40(32-23-21-27-11-5-7-15-30(27)25-32)44-41(43-39)34-17-9-19-36-38(34)37-33(16-8-18-35(37)45-36)31-22-20-26-10-4-6-14-29(26)24-31/h1-25,41H,(H,42,43,44). The van der Waals surface area contributed by atoms with Crippen LogP contribution < -0.4 is 5.32 Å². The second-order valence-corrected chi connectivity index (χ2v) is 11.5. The number of aliphatic imine (C=N–C) groups is 2. The molecule has 0 radical (unpaired) electrons. The molecule has 4 heteroatoms. The van der Waals surface area contributed by atoms with E-state index in [1.165, 1.54) is 21.5 Å². The molecule has 0 saturated heterocycles. The van der Waals surface area contributed by atoms with Gasteiger partial charge in [0.15, 0.2) is 5.84 Å². The number of hydrogen-bond acceptors (Lipinski definition) is 4. The van der Waals surface area contributed by atoms with Crippen LogP contribution in [-0.4, -0.2) is 11.7 Å². The third kappa shape index (κ3) is 4.38. The van der Waals surface area contributed by atoms with E-state index >= 15 is 0 Å². The van der Waals surface area contributed by atoms with E-state index in [9.17, 15) is 0 Å². The molecule has 0 bridgehead atoms. The highest BCUT2D eigenvalue weighted by atomic mass is 16.3. The molecule has 0 saturated carbocycles. The first-order valence-electron chi connectivity index (χ1n) is 15.2. The van der Waals surface area contributed by atoms with E-state index in [-0.39, 0.29) is 6.17 Å². The summed E-state index contributed by atoms with van der Waals surface area (Å²) >= 11 is 0. The van der Waals surface area contributed by atoms with Crippen molar-refractivity contribution in [1.29, 1.82) is 0 Å². The Bertz CT molecular complexity index is 2470. The van der Waals surface area contributed by atoms with E-state index in [2.05, 4.69) is 133 Å². The Morgan fingerprint density at radius 3 is 1.87 bits per heavy atom. The summed E-state index contributed by atoms with van der Waals surface area (Å²) in [6.45, 7) is 0. The zero-order valence-electron chi connectivity index (χ0n) is 24.3. The summed E-state index contributed by atoms with van der Waals surface area (Å²) in [5.41, 5.74) is 7.02. The number of nitrogens with one attached hydrogen (secondary N) is 1. The molecule has 212 valence electrons. The first kappa shape index (κ1) is 25.5. The minimum absolute atomic E-state index is 0.381. The van der Waals surface area contributed by atoms with Crippen LogP contribution in [0, 0.1) is 0 Å². The van der Waals surface area contributed by atoms with Crippen molar-refractivity contribution < 1.29 is 4.42 Å². The van der Waals surface area contributed by atoms with Crippen LogP contribution in [0.15, 0.2) is 166 Å². The Hall–Kier alpha value is -6.00. The maximum absolute atomic E-state index is 6.50. The molecule has 4 nitrogen and oxygen atoms in total. The Morgan fingerprint density at radius 2 is 1.11 bits per heavy atom. The molecule has 0 amide bonds. The number of fused-ring (bicyclic) bond motifs is 5. The molecular formula is C41H27N3O. The Kier molecular flexibility index (Phi) is 5.85. The van der Waals surface area contributed by atoms with Gasteiger partial charge >= 0.3 is 0 Å². The highest BCUT2D eigenvalue weighted by Gasteiger charge is 2.25. The van der Waals surface area contributed by atoms with Crippen molar-refractivity contribution in [2.75, 3.05) is 0 Å². The molecule has 7 aromatic carbocycles. The van der Waals surface area contributed by atoms with Crippen molar-refractivity contribution in [3.63, 3.8) is 0 Å². The van der Waals surface area contributed by atoms with Crippen LogP contribution >= 0.6 is 0 Å². The van der Waals surface area contributed by atoms with Gasteiger partial charge < -0.3 is 9.73 Å². The van der Waals surface area contributed by atoms with Crippen molar-refractivity contribution in [3.8, 4) is 11.1 Å². The van der Waals surface area contributed by atoms with E-state index in [1.807, 2.05) is 24.3 Å². The van der Waals surface area contributed by atoms with Crippen molar-refractivity contribution in [1.82, 2.24) is 5.32 Å². The van der Waals surface area contributed by atoms with Crippen LogP contribution in [0.25, 0.3) is 54.6 Å². The number of furan rings is 1. The van der Waals surface area contributed by atoms with E-state index in [0.717, 1.165) is 55.6 Å². The van der Waals surface area contributed by atoms with E-state index in [1.54, 1.807) is 0 Å². The summed E-state index contributed by atoms with van der Waals surface area (Å²) in [6.07, 6.45) is -0.381. The monoisotopic (exact) mass is 577 g/mol. The molecule has 45 heavy (non-hydrogen) atoms. The zero-order valence-corrected chi connectivity index (χ0v) is 24.3. The molecule has 1 N–H and O–H groups in total. The molecular weight excluding hydrogens is 550 g/mol. The quantitative estimate of drug-likeness (QED) is 0.226. The number of rotatable bonds is 4. The van der Waals surface area contributed by atoms with Crippen molar-refractivity contribution in [2.45, 2.75) is 6.17 Å². The summed E-state index contributed by atoms with van der Waals surface area (Å²) in [6, 6.07) is 52.8. The number of amidine groups is 2. The molecule has 1 aromatic heterocycles. The third-order valence-corrected chi connectivity index (χ3v) is 8.71. The summed E-state index contributed by atoms with van der Waals surface area (Å²) in [5, 5.41) is 10.6. The van der Waals surface area contributed by atoms with Gasteiger partial charge in [0.05, 0.1) is 0 Å². The van der Waals surface area contributed by atoms with E-state index < -0.39 is 0 Å². The molecule has 1 aliphatic rings. The molecule has 0 fully saturated rings. The molecule has 1 atom stereocenters. The first-order chi connectivity index (χ1) is 22.3. The summed E-state index contributed by atoms with van der Waals surface area (Å²) in [7, 11) is 0. The number of hydrogen-bond donors (Lipinski definition) is 1. The smallest absolute Gasteiger partial charge is 0.159 e. The topological polar surface area (TPSA) is 49.9 Å². The zero-order chi connectivity index (χ0) is 29.7. The van der Waals surface area contributed by atoms with Gasteiger partial charge in [0, 0.05) is 27.5 Å². The van der Waals surface area contributed by atoms with Gasteiger partial charge in [0.2, 0.25) is 0 Å². The van der Waals surface area contributed by atoms with Crippen molar-refractivity contribution in [3.05, 3.63) is 168 Å². The molecule has 2 heterocycles. The Labute approximate surface area is 260 Å². The van der Waals surface area contributed by atoms with Crippen LogP contribution in [0.5, 0.6) is 0 Å². The second-order valence-electron chi connectivity index (χ2n) is 11.5. The lowest BCUT2D eigenvalue weighted by Gasteiger charge is -2.24.